The van der Waals surface area contributed by atoms with E-state index in [2.05, 4.69) is 22.4 Å². The minimum Gasteiger partial charge on any atom is -0.315 e. The van der Waals surface area contributed by atoms with E-state index in [1.807, 2.05) is 0 Å². The maximum atomic E-state index is 12.1. The first-order chi connectivity index (χ1) is 10.9. The molecule has 1 atom stereocenters. The van der Waals surface area contributed by atoms with Gasteiger partial charge in [0.25, 0.3) is 5.91 Å². The molecule has 0 aliphatic carbocycles. The van der Waals surface area contributed by atoms with Crippen molar-refractivity contribution in [3.63, 3.8) is 0 Å². The zero-order chi connectivity index (χ0) is 17.0. The molecule has 0 saturated carbocycles. The molecule has 2 heterocycles. The molecule has 1 saturated heterocycles. The topological polar surface area (TPSA) is 95.5 Å². The number of urea groups is 1. The van der Waals surface area contributed by atoms with Crippen LogP contribution in [0.3, 0.4) is 0 Å². The summed E-state index contributed by atoms with van der Waals surface area (Å²) in [5.41, 5.74) is 0. The molecular weight excluding hydrogens is 318 g/mol. The van der Waals surface area contributed by atoms with Crippen LogP contribution >= 0.6 is 11.3 Å². The van der Waals surface area contributed by atoms with Gasteiger partial charge in [0.1, 0.15) is 11.0 Å². The third-order valence-electron chi connectivity index (χ3n) is 3.76. The van der Waals surface area contributed by atoms with Crippen LogP contribution in [0.15, 0.2) is 0 Å². The van der Waals surface area contributed by atoms with E-state index < -0.39 is 12.1 Å². The Kier molecular flexibility index (Phi) is 5.64. The quantitative estimate of drug-likeness (QED) is 0.600. The molecule has 1 aromatic rings. The van der Waals surface area contributed by atoms with Gasteiger partial charge in [-0.15, -0.1) is 10.2 Å². The number of unbranched alkanes of at least 4 members (excludes halogenated alkanes) is 2. The van der Waals surface area contributed by atoms with Crippen molar-refractivity contribution in [1.82, 2.24) is 20.0 Å². The number of rotatable bonds is 7. The van der Waals surface area contributed by atoms with Gasteiger partial charge < -0.3 is 10.2 Å². The highest BCUT2D eigenvalue weighted by molar-refractivity contribution is 7.15. The number of anilines is 1. The van der Waals surface area contributed by atoms with Crippen LogP contribution in [-0.4, -0.2) is 58.0 Å². The summed E-state index contributed by atoms with van der Waals surface area (Å²) >= 11 is 1.34. The summed E-state index contributed by atoms with van der Waals surface area (Å²) in [4.78, 5) is 38.0. The number of hydrogen-bond acceptors (Lipinski definition) is 6. The van der Waals surface area contributed by atoms with Gasteiger partial charge in [-0.3, -0.25) is 14.5 Å². The van der Waals surface area contributed by atoms with Crippen LogP contribution in [-0.2, 0) is 16.0 Å². The van der Waals surface area contributed by atoms with Gasteiger partial charge in [0.05, 0.1) is 6.42 Å². The summed E-state index contributed by atoms with van der Waals surface area (Å²) in [6, 6.07) is -1.16. The van der Waals surface area contributed by atoms with Crippen LogP contribution in [0.25, 0.3) is 0 Å². The Bertz CT molecular complexity index is 603. The lowest BCUT2D eigenvalue weighted by Gasteiger charge is -2.14. The second-order valence-electron chi connectivity index (χ2n) is 5.52. The van der Waals surface area contributed by atoms with Gasteiger partial charge in [0, 0.05) is 20.5 Å². The van der Waals surface area contributed by atoms with E-state index in [-0.39, 0.29) is 18.2 Å². The zero-order valence-electron chi connectivity index (χ0n) is 13.5. The molecule has 1 aromatic heterocycles. The number of carbonyl (C=O) groups excluding carboxylic acids is 3. The van der Waals surface area contributed by atoms with Crippen molar-refractivity contribution < 1.29 is 14.4 Å². The first-order valence-electron chi connectivity index (χ1n) is 7.60. The minimum absolute atomic E-state index is 0.0871. The SMILES string of the molecule is CCCCCc1nnc(NC(=O)CC2C(=O)N(C)C(=O)N2C)s1. The van der Waals surface area contributed by atoms with Gasteiger partial charge in [0.15, 0.2) is 0 Å². The largest absolute Gasteiger partial charge is 0.326 e. The van der Waals surface area contributed by atoms with Crippen molar-refractivity contribution in [1.29, 1.82) is 0 Å². The number of amides is 4. The van der Waals surface area contributed by atoms with Crippen LogP contribution < -0.4 is 5.32 Å². The second-order valence-corrected chi connectivity index (χ2v) is 6.58. The molecule has 4 amide bonds. The maximum Gasteiger partial charge on any atom is 0.326 e. The molecule has 126 valence electrons. The highest BCUT2D eigenvalue weighted by Crippen LogP contribution is 2.20. The average molecular weight is 339 g/mol. The number of carbonyl (C=O) groups is 3. The molecule has 1 aliphatic heterocycles. The summed E-state index contributed by atoms with van der Waals surface area (Å²) in [5, 5.41) is 11.9. The molecule has 2 rings (SSSR count). The van der Waals surface area contributed by atoms with Gasteiger partial charge in [-0.05, 0) is 6.42 Å². The predicted octanol–water partition coefficient (Wildman–Crippen LogP) is 1.49. The fourth-order valence-electron chi connectivity index (χ4n) is 2.35. The Labute approximate surface area is 138 Å². The van der Waals surface area contributed by atoms with Crippen molar-refractivity contribution in [2.24, 2.45) is 0 Å². The Morgan fingerprint density at radius 2 is 2.00 bits per heavy atom. The van der Waals surface area contributed by atoms with Gasteiger partial charge in [-0.1, -0.05) is 31.1 Å². The first-order valence-corrected chi connectivity index (χ1v) is 8.42. The summed E-state index contributed by atoms with van der Waals surface area (Å²) < 4.78 is 0. The number of hydrogen-bond donors (Lipinski definition) is 1. The Morgan fingerprint density at radius 3 is 2.61 bits per heavy atom. The third kappa shape index (κ3) is 4.04. The van der Waals surface area contributed by atoms with Gasteiger partial charge in [-0.2, -0.15) is 0 Å². The Morgan fingerprint density at radius 1 is 1.26 bits per heavy atom. The van der Waals surface area contributed by atoms with E-state index in [9.17, 15) is 14.4 Å². The van der Waals surface area contributed by atoms with Crippen LogP contribution in [0.2, 0.25) is 0 Å². The highest BCUT2D eigenvalue weighted by Gasteiger charge is 2.41. The number of likely N-dealkylation sites (N-methyl/N-ethyl adjacent to an activating group) is 2. The molecule has 1 unspecified atom stereocenters. The van der Waals surface area contributed by atoms with E-state index in [4.69, 9.17) is 0 Å². The summed E-state index contributed by atoms with van der Waals surface area (Å²) in [6.07, 6.45) is 4.09. The van der Waals surface area contributed by atoms with Gasteiger partial charge in [-0.25, -0.2) is 4.79 Å². The Hall–Kier alpha value is -2.03. The summed E-state index contributed by atoms with van der Waals surface area (Å²) in [7, 11) is 2.92. The smallest absolute Gasteiger partial charge is 0.315 e. The molecule has 1 aliphatic rings. The van der Waals surface area contributed by atoms with E-state index in [1.165, 1.54) is 30.3 Å². The molecule has 0 spiro atoms. The fourth-order valence-corrected chi connectivity index (χ4v) is 3.15. The van der Waals surface area contributed by atoms with Crippen molar-refractivity contribution in [3.05, 3.63) is 5.01 Å². The number of nitrogens with one attached hydrogen (secondary N) is 1. The predicted molar refractivity (Wildman–Crippen MR) is 86.1 cm³/mol. The van der Waals surface area contributed by atoms with Crippen molar-refractivity contribution >= 4 is 34.3 Å². The van der Waals surface area contributed by atoms with Crippen molar-refractivity contribution in [2.45, 2.75) is 45.1 Å². The monoisotopic (exact) mass is 339 g/mol. The average Bonchev–Trinajstić information content (AvgIpc) is 3.03. The summed E-state index contributed by atoms with van der Waals surface area (Å²) in [6.45, 7) is 2.13. The second kappa shape index (κ2) is 7.49. The summed E-state index contributed by atoms with van der Waals surface area (Å²) in [5.74, 6) is -0.722. The molecule has 1 fully saturated rings. The highest BCUT2D eigenvalue weighted by atomic mass is 32.1. The molecular formula is C14H21N5O3S. The van der Waals surface area contributed by atoms with Crippen LogP contribution in [0.5, 0.6) is 0 Å². The molecule has 1 N–H and O–H groups in total. The van der Waals surface area contributed by atoms with Crippen LogP contribution in [0, 0.1) is 0 Å². The van der Waals surface area contributed by atoms with E-state index >= 15 is 0 Å². The number of imide groups is 1. The van der Waals surface area contributed by atoms with E-state index in [0.29, 0.717) is 5.13 Å². The first kappa shape index (κ1) is 17.3. The maximum absolute atomic E-state index is 12.1. The van der Waals surface area contributed by atoms with Crippen molar-refractivity contribution in [3.8, 4) is 0 Å². The van der Waals surface area contributed by atoms with Gasteiger partial charge in [0.2, 0.25) is 11.0 Å². The van der Waals surface area contributed by atoms with E-state index in [0.717, 1.165) is 35.6 Å². The number of aryl methyl sites for hydroxylation is 1. The standard InChI is InChI=1S/C14H21N5O3S/c1-4-5-6-7-11-16-17-13(23-11)15-10(20)8-9-12(21)19(3)14(22)18(9)2/h9H,4-8H2,1-3H3,(H,15,17,20). The molecule has 0 aromatic carbocycles. The van der Waals surface area contributed by atoms with E-state index in [1.54, 1.807) is 0 Å². The lowest BCUT2D eigenvalue weighted by molar-refractivity contribution is -0.129. The molecule has 8 nitrogen and oxygen atoms in total. The fraction of sp³-hybridized carbons (Fsp3) is 0.643. The molecule has 0 radical (unpaired) electrons. The molecule has 9 heteroatoms. The van der Waals surface area contributed by atoms with Crippen LogP contribution in [0.1, 0.15) is 37.6 Å². The van der Waals surface area contributed by atoms with Crippen LogP contribution in [0.4, 0.5) is 9.93 Å². The number of aromatic nitrogens is 2. The normalized spacial score (nSPS) is 18.0. The minimum atomic E-state index is -0.760. The lowest BCUT2D eigenvalue weighted by atomic mass is 10.2. The third-order valence-corrected chi connectivity index (χ3v) is 4.66. The van der Waals surface area contributed by atoms with Crippen molar-refractivity contribution in [2.75, 3.05) is 19.4 Å². The zero-order valence-corrected chi connectivity index (χ0v) is 14.4. The van der Waals surface area contributed by atoms with Gasteiger partial charge >= 0.3 is 6.03 Å². The lowest BCUT2D eigenvalue weighted by Crippen LogP contribution is -2.35. The Balaban J connectivity index is 1.88. The molecule has 0 bridgehead atoms. The number of nitrogens with zero attached hydrogens (tertiary/aromatic N) is 4. The molecule has 23 heavy (non-hydrogen) atoms.